The number of amides is 2. The Balaban J connectivity index is 1.83. The van der Waals surface area contributed by atoms with Gasteiger partial charge < -0.3 is 5.32 Å². The van der Waals surface area contributed by atoms with Gasteiger partial charge in [0.1, 0.15) is 6.42 Å². The Bertz CT molecular complexity index is 638. The Hall–Kier alpha value is -2.38. The zero-order chi connectivity index (χ0) is 18.3. The molecule has 2 rings (SSSR count). The van der Waals surface area contributed by atoms with Gasteiger partial charge in [-0.3, -0.25) is 9.59 Å². The number of benzene rings is 1. The van der Waals surface area contributed by atoms with Gasteiger partial charge in [-0.05, 0) is 18.9 Å². The van der Waals surface area contributed by atoms with Crippen molar-refractivity contribution < 1.29 is 22.8 Å². The summed E-state index contributed by atoms with van der Waals surface area (Å²) in [5.74, 6) is -1.08. The van der Waals surface area contributed by atoms with Gasteiger partial charge in [-0.1, -0.05) is 37.5 Å². The molecule has 136 valence electrons. The maximum Gasteiger partial charge on any atom is 0.417 e. The van der Waals surface area contributed by atoms with Crippen LogP contribution in [0.4, 0.5) is 13.2 Å². The van der Waals surface area contributed by atoms with Crippen molar-refractivity contribution in [3.05, 3.63) is 35.4 Å². The average molecular weight is 355 g/mol. The number of alkyl halides is 3. The lowest BCUT2D eigenvalue weighted by Crippen LogP contribution is -2.38. The summed E-state index contributed by atoms with van der Waals surface area (Å²) >= 11 is 0. The van der Waals surface area contributed by atoms with Crippen molar-refractivity contribution in [3.63, 3.8) is 0 Å². The van der Waals surface area contributed by atoms with Crippen LogP contribution in [0.3, 0.4) is 0 Å². The second-order valence-corrected chi connectivity index (χ2v) is 5.96. The molecule has 0 atom stereocenters. The Morgan fingerprint density at radius 2 is 1.80 bits per heavy atom. The average Bonchev–Trinajstić information content (AvgIpc) is 2.55. The summed E-state index contributed by atoms with van der Waals surface area (Å²) < 4.78 is 38.5. The molecule has 25 heavy (non-hydrogen) atoms. The fourth-order valence-electron chi connectivity index (χ4n) is 2.75. The predicted octanol–water partition coefficient (Wildman–Crippen LogP) is 2.99. The predicted molar refractivity (Wildman–Crippen MR) is 86.8 cm³/mol. The van der Waals surface area contributed by atoms with E-state index in [9.17, 15) is 22.8 Å². The molecule has 1 aromatic rings. The minimum Gasteiger partial charge on any atom is -0.353 e. The first kappa shape index (κ1) is 19.0. The zero-order valence-corrected chi connectivity index (χ0v) is 13.6. The minimum absolute atomic E-state index is 0.0937. The number of carbonyl (C=O) groups excluding carboxylic acids is 2. The zero-order valence-electron chi connectivity index (χ0n) is 13.6. The van der Waals surface area contributed by atoms with E-state index in [-0.39, 0.29) is 11.6 Å². The molecule has 0 bridgehead atoms. The fourth-order valence-corrected chi connectivity index (χ4v) is 2.75. The molecule has 1 aliphatic carbocycles. The number of carbonyl (C=O) groups is 2. The second kappa shape index (κ2) is 8.64. The van der Waals surface area contributed by atoms with E-state index in [2.05, 4.69) is 15.8 Å². The third-order valence-corrected chi connectivity index (χ3v) is 3.95. The van der Waals surface area contributed by atoms with E-state index in [0.29, 0.717) is 0 Å². The topological polar surface area (TPSA) is 70.6 Å². The highest BCUT2D eigenvalue weighted by atomic mass is 19.4. The standard InChI is InChI=1S/C17H20F3N3O2/c18-17(19,20)14-9-5-4-6-12(14)11-21-23-16(25)10-15(24)22-13-7-2-1-3-8-13/h4-6,9,11,13H,1-3,7-8,10H2,(H,22,24)(H,23,25). The summed E-state index contributed by atoms with van der Waals surface area (Å²) in [7, 11) is 0. The molecular formula is C17H20F3N3O2. The number of nitrogens with zero attached hydrogens (tertiary/aromatic N) is 1. The highest BCUT2D eigenvalue weighted by Crippen LogP contribution is 2.31. The summed E-state index contributed by atoms with van der Waals surface area (Å²) in [5, 5.41) is 6.30. The number of rotatable bonds is 5. The van der Waals surface area contributed by atoms with E-state index in [1.165, 1.54) is 18.2 Å². The van der Waals surface area contributed by atoms with E-state index in [1.807, 2.05) is 0 Å². The monoisotopic (exact) mass is 355 g/mol. The van der Waals surface area contributed by atoms with Crippen LogP contribution in [-0.4, -0.2) is 24.1 Å². The molecule has 0 spiro atoms. The Kier molecular flexibility index (Phi) is 6.55. The molecule has 1 aromatic carbocycles. The molecule has 5 nitrogen and oxygen atoms in total. The molecule has 0 radical (unpaired) electrons. The summed E-state index contributed by atoms with van der Waals surface area (Å²) in [6, 6.07) is 4.98. The van der Waals surface area contributed by atoms with Gasteiger partial charge >= 0.3 is 6.18 Å². The maximum atomic E-state index is 12.8. The molecule has 1 fully saturated rings. The quantitative estimate of drug-likeness (QED) is 0.484. The number of halogens is 3. The molecule has 8 heteroatoms. The lowest BCUT2D eigenvalue weighted by atomic mass is 9.95. The fraction of sp³-hybridized carbons (Fsp3) is 0.471. The van der Waals surface area contributed by atoms with E-state index < -0.39 is 30.0 Å². The molecule has 0 saturated heterocycles. The molecule has 0 unspecified atom stereocenters. The van der Waals surface area contributed by atoms with Gasteiger partial charge in [0.25, 0.3) is 0 Å². The largest absolute Gasteiger partial charge is 0.417 e. The third kappa shape index (κ3) is 6.21. The van der Waals surface area contributed by atoms with Crippen molar-refractivity contribution in [2.45, 2.75) is 50.7 Å². The van der Waals surface area contributed by atoms with Crippen LogP contribution < -0.4 is 10.7 Å². The molecule has 0 aliphatic heterocycles. The van der Waals surface area contributed by atoms with E-state index in [0.717, 1.165) is 44.4 Å². The summed E-state index contributed by atoms with van der Waals surface area (Å²) in [5.41, 5.74) is 1.07. The van der Waals surface area contributed by atoms with Crippen LogP contribution >= 0.6 is 0 Å². The van der Waals surface area contributed by atoms with Crippen molar-refractivity contribution in [2.24, 2.45) is 5.10 Å². The molecule has 1 saturated carbocycles. The summed E-state index contributed by atoms with van der Waals surface area (Å²) in [6.45, 7) is 0. The summed E-state index contributed by atoms with van der Waals surface area (Å²) in [6.07, 6.45) is 1.07. The van der Waals surface area contributed by atoms with Crippen LogP contribution in [0.25, 0.3) is 0 Å². The van der Waals surface area contributed by atoms with Gasteiger partial charge in [-0.2, -0.15) is 18.3 Å². The van der Waals surface area contributed by atoms with Crippen LogP contribution in [0.2, 0.25) is 0 Å². The number of nitrogens with one attached hydrogen (secondary N) is 2. The minimum atomic E-state index is -4.51. The van der Waals surface area contributed by atoms with E-state index >= 15 is 0 Å². The Morgan fingerprint density at radius 3 is 2.48 bits per heavy atom. The first-order valence-corrected chi connectivity index (χ1v) is 8.14. The number of hydrazone groups is 1. The SMILES string of the molecule is O=C(CC(=O)NC1CCCCC1)NN=Cc1ccccc1C(F)(F)F. The van der Waals surface area contributed by atoms with Gasteiger partial charge in [0, 0.05) is 11.6 Å². The lowest BCUT2D eigenvalue weighted by molar-refractivity contribution is -0.137. The first-order valence-electron chi connectivity index (χ1n) is 8.14. The van der Waals surface area contributed by atoms with E-state index in [4.69, 9.17) is 0 Å². The first-order chi connectivity index (χ1) is 11.9. The van der Waals surface area contributed by atoms with Gasteiger partial charge in [-0.25, -0.2) is 5.43 Å². The number of hydrogen-bond acceptors (Lipinski definition) is 3. The highest BCUT2D eigenvalue weighted by molar-refractivity contribution is 5.97. The lowest BCUT2D eigenvalue weighted by Gasteiger charge is -2.22. The van der Waals surface area contributed by atoms with Crippen molar-refractivity contribution >= 4 is 18.0 Å². The Labute approximate surface area is 143 Å². The second-order valence-electron chi connectivity index (χ2n) is 5.96. The molecule has 2 amide bonds. The Morgan fingerprint density at radius 1 is 1.12 bits per heavy atom. The summed E-state index contributed by atoms with van der Waals surface area (Å²) in [4.78, 5) is 23.4. The van der Waals surface area contributed by atoms with Crippen molar-refractivity contribution in [1.82, 2.24) is 10.7 Å². The van der Waals surface area contributed by atoms with Gasteiger partial charge in [-0.15, -0.1) is 0 Å². The highest BCUT2D eigenvalue weighted by Gasteiger charge is 2.32. The molecule has 2 N–H and O–H groups in total. The van der Waals surface area contributed by atoms with Crippen LogP contribution in [0.15, 0.2) is 29.4 Å². The van der Waals surface area contributed by atoms with Crippen molar-refractivity contribution in [2.75, 3.05) is 0 Å². The van der Waals surface area contributed by atoms with Crippen molar-refractivity contribution in [1.29, 1.82) is 0 Å². The smallest absolute Gasteiger partial charge is 0.353 e. The van der Waals surface area contributed by atoms with E-state index in [1.54, 1.807) is 0 Å². The maximum absolute atomic E-state index is 12.8. The molecule has 0 aromatic heterocycles. The van der Waals surface area contributed by atoms with Gasteiger partial charge in [0.15, 0.2) is 0 Å². The van der Waals surface area contributed by atoms with Gasteiger partial charge in [0.05, 0.1) is 11.8 Å². The molecule has 0 heterocycles. The number of hydrogen-bond donors (Lipinski definition) is 2. The third-order valence-electron chi connectivity index (χ3n) is 3.95. The van der Waals surface area contributed by atoms with Gasteiger partial charge in [0.2, 0.25) is 11.8 Å². The molecular weight excluding hydrogens is 335 g/mol. The van der Waals surface area contributed by atoms with Crippen LogP contribution in [0.1, 0.15) is 49.7 Å². The van der Waals surface area contributed by atoms with Crippen LogP contribution in [0.5, 0.6) is 0 Å². The van der Waals surface area contributed by atoms with Crippen LogP contribution in [-0.2, 0) is 15.8 Å². The normalized spacial score (nSPS) is 16.0. The molecule has 1 aliphatic rings. The van der Waals surface area contributed by atoms with Crippen LogP contribution in [0, 0.1) is 0 Å². The van der Waals surface area contributed by atoms with Crippen molar-refractivity contribution in [3.8, 4) is 0 Å².